The van der Waals surface area contributed by atoms with E-state index in [4.69, 9.17) is 4.52 Å². The van der Waals surface area contributed by atoms with Gasteiger partial charge in [-0.3, -0.25) is 14.7 Å². The van der Waals surface area contributed by atoms with Crippen molar-refractivity contribution >= 4 is 40.2 Å². The molecule has 0 saturated carbocycles. The maximum atomic E-state index is 13.0. The minimum absolute atomic E-state index is 0.0883. The molecule has 174 valence electrons. The van der Waals surface area contributed by atoms with Crippen LogP contribution < -0.4 is 5.00 Å². The molecular formula is C21H27BN5O4PS. The SMILES string of the molecule is BNPOC(=O)C1=C(CN(Cc2cccnc2)Cc2cscn2)[C@H](C)[C@@H]2[C@@H]([C@@H](C)O)C(=O)N12. The fourth-order valence-electron chi connectivity index (χ4n) is 4.69. The molecule has 2 aliphatic rings. The first-order valence-electron chi connectivity index (χ1n) is 10.8. The number of aliphatic hydroxyl groups is 1. The second kappa shape index (κ2) is 10.4. The van der Waals surface area contributed by atoms with Gasteiger partial charge in [-0.25, -0.2) is 9.78 Å². The monoisotopic (exact) mass is 487 g/mol. The van der Waals surface area contributed by atoms with Crippen LogP contribution >= 0.6 is 20.3 Å². The Hall–Kier alpha value is -2.17. The van der Waals surface area contributed by atoms with E-state index in [1.807, 2.05) is 30.6 Å². The van der Waals surface area contributed by atoms with E-state index in [0.717, 1.165) is 16.8 Å². The topological polar surface area (TPSA) is 108 Å². The van der Waals surface area contributed by atoms with Gasteiger partial charge in [-0.05, 0) is 24.1 Å². The third-order valence-electron chi connectivity index (χ3n) is 6.15. The molecule has 5 atom stereocenters. The van der Waals surface area contributed by atoms with Gasteiger partial charge in [0.15, 0.2) is 7.98 Å². The zero-order valence-corrected chi connectivity index (χ0v) is 20.6. The van der Waals surface area contributed by atoms with E-state index in [1.54, 1.807) is 26.6 Å². The summed E-state index contributed by atoms with van der Waals surface area (Å²) >= 11 is 1.54. The average molecular weight is 487 g/mol. The van der Waals surface area contributed by atoms with E-state index < -0.39 is 18.0 Å². The summed E-state index contributed by atoms with van der Waals surface area (Å²) in [7, 11) is 1.49. The Kier molecular flexibility index (Phi) is 7.56. The van der Waals surface area contributed by atoms with Crippen LogP contribution in [0.2, 0.25) is 0 Å². The normalized spacial score (nSPS) is 23.3. The lowest BCUT2D eigenvalue weighted by Gasteiger charge is -2.46. The van der Waals surface area contributed by atoms with Gasteiger partial charge in [-0.2, -0.15) is 0 Å². The molecule has 2 aromatic rings. The van der Waals surface area contributed by atoms with Gasteiger partial charge in [-0.1, -0.05) is 13.0 Å². The lowest BCUT2D eigenvalue weighted by molar-refractivity contribution is -0.162. The number of aromatic nitrogens is 2. The second-order valence-electron chi connectivity index (χ2n) is 8.36. The predicted molar refractivity (Wildman–Crippen MR) is 129 cm³/mol. The van der Waals surface area contributed by atoms with Gasteiger partial charge >= 0.3 is 5.97 Å². The third-order valence-corrected chi connectivity index (χ3v) is 7.27. The summed E-state index contributed by atoms with van der Waals surface area (Å²) < 4.78 is 5.38. The lowest BCUT2D eigenvalue weighted by atomic mass is 9.77. The minimum atomic E-state index is -0.779. The zero-order chi connectivity index (χ0) is 23.5. The Morgan fingerprint density at radius 2 is 2.27 bits per heavy atom. The number of aliphatic hydroxyl groups excluding tert-OH is 1. The van der Waals surface area contributed by atoms with Crippen molar-refractivity contribution in [1.29, 1.82) is 0 Å². The van der Waals surface area contributed by atoms with Crippen LogP contribution in [0.4, 0.5) is 0 Å². The number of nitrogens with zero attached hydrogens (tertiary/aromatic N) is 4. The van der Waals surface area contributed by atoms with Crippen molar-refractivity contribution in [3.05, 3.63) is 57.9 Å². The van der Waals surface area contributed by atoms with Crippen molar-refractivity contribution in [2.45, 2.75) is 39.1 Å². The maximum Gasteiger partial charge on any atom is 0.358 e. The van der Waals surface area contributed by atoms with E-state index in [0.29, 0.717) is 25.3 Å². The molecule has 2 aliphatic heterocycles. The third kappa shape index (κ3) is 4.88. The van der Waals surface area contributed by atoms with Gasteiger partial charge in [0.1, 0.15) is 14.7 Å². The molecule has 12 heteroatoms. The Morgan fingerprint density at radius 3 is 2.91 bits per heavy atom. The van der Waals surface area contributed by atoms with Crippen molar-refractivity contribution < 1.29 is 19.2 Å². The molecule has 0 radical (unpaired) electrons. The van der Waals surface area contributed by atoms with Crippen molar-refractivity contribution in [3.63, 3.8) is 0 Å². The van der Waals surface area contributed by atoms with E-state index >= 15 is 0 Å². The molecule has 0 bridgehead atoms. The van der Waals surface area contributed by atoms with Gasteiger partial charge in [-0.15, -0.1) is 11.3 Å². The quantitative estimate of drug-likeness (QED) is 0.289. The van der Waals surface area contributed by atoms with Crippen LogP contribution in [0.15, 0.2) is 46.7 Å². The minimum Gasteiger partial charge on any atom is -0.428 e. The molecule has 0 aliphatic carbocycles. The summed E-state index contributed by atoms with van der Waals surface area (Å²) in [6.07, 6.45) is 2.78. The molecule has 1 fully saturated rings. The highest BCUT2D eigenvalue weighted by molar-refractivity contribution is 7.32. The Morgan fingerprint density at radius 1 is 1.45 bits per heavy atom. The van der Waals surface area contributed by atoms with Crippen LogP contribution in [-0.4, -0.2) is 63.4 Å². The highest BCUT2D eigenvalue weighted by Crippen LogP contribution is 2.48. The summed E-state index contributed by atoms with van der Waals surface area (Å²) in [4.78, 5) is 41.1. The number of pyridine rings is 1. The number of carbonyl (C=O) groups excluding carboxylic acids is 2. The zero-order valence-electron chi connectivity index (χ0n) is 18.8. The van der Waals surface area contributed by atoms with Gasteiger partial charge < -0.3 is 19.5 Å². The summed E-state index contributed by atoms with van der Waals surface area (Å²) in [5.41, 5.74) is 4.94. The van der Waals surface area contributed by atoms with E-state index in [-0.39, 0.29) is 26.8 Å². The molecule has 2 N–H and O–H groups in total. The molecule has 0 spiro atoms. The smallest absolute Gasteiger partial charge is 0.358 e. The summed E-state index contributed by atoms with van der Waals surface area (Å²) in [6, 6.07) is 3.66. The van der Waals surface area contributed by atoms with Gasteiger partial charge in [0, 0.05) is 43.3 Å². The van der Waals surface area contributed by atoms with Crippen LogP contribution in [0.3, 0.4) is 0 Å². The first kappa shape index (κ1) is 24.0. The molecule has 1 amide bonds. The standard InChI is InChI=1S/C21H27BN5O4PS/c1-12-16(9-26(8-15-10-33-11-24-15)7-14-4-3-5-23-6-14)19(21(30)31-32-25-22)27-18(12)17(13(2)28)20(27)29/h3-6,10-13,17-18,25,28,32H,7-9,22H2,1-2H3/t12-,13+,17+,18+/m0/s1. The molecule has 2 aromatic heterocycles. The number of rotatable bonds is 10. The number of thiazole rings is 1. The van der Waals surface area contributed by atoms with Crippen molar-refractivity contribution in [2.24, 2.45) is 11.8 Å². The maximum absolute atomic E-state index is 13.0. The van der Waals surface area contributed by atoms with E-state index in [2.05, 4.69) is 19.9 Å². The molecule has 4 rings (SSSR count). The molecule has 4 heterocycles. The average Bonchev–Trinajstić information content (AvgIpc) is 3.38. The Bertz CT molecular complexity index is 1020. The summed E-state index contributed by atoms with van der Waals surface area (Å²) in [5.74, 6) is -1.35. The van der Waals surface area contributed by atoms with Crippen molar-refractivity contribution in [1.82, 2.24) is 24.8 Å². The molecule has 0 aromatic carbocycles. The number of nitrogens with one attached hydrogen (secondary N) is 1. The molecule has 33 heavy (non-hydrogen) atoms. The molecular weight excluding hydrogens is 460 g/mol. The molecule has 1 saturated heterocycles. The van der Waals surface area contributed by atoms with Crippen molar-refractivity contribution in [3.8, 4) is 0 Å². The molecule has 9 nitrogen and oxygen atoms in total. The van der Waals surface area contributed by atoms with Gasteiger partial charge in [0.25, 0.3) is 0 Å². The van der Waals surface area contributed by atoms with Crippen LogP contribution in [0, 0.1) is 11.8 Å². The fraction of sp³-hybridized carbons (Fsp3) is 0.429. The van der Waals surface area contributed by atoms with E-state index in [1.165, 1.54) is 16.2 Å². The first-order chi connectivity index (χ1) is 15.9. The number of hydrogen-bond donors (Lipinski definition) is 2. The van der Waals surface area contributed by atoms with Crippen LogP contribution in [-0.2, 0) is 27.2 Å². The second-order valence-corrected chi connectivity index (χ2v) is 9.98. The fourth-order valence-corrected chi connectivity index (χ4v) is 5.53. The summed E-state index contributed by atoms with van der Waals surface area (Å²) in [5, 5.41) is 12.2. The van der Waals surface area contributed by atoms with E-state index in [9.17, 15) is 14.7 Å². The first-order valence-corrected chi connectivity index (χ1v) is 12.6. The Balaban J connectivity index is 1.66. The highest BCUT2D eigenvalue weighted by atomic mass is 32.1. The Labute approximate surface area is 199 Å². The van der Waals surface area contributed by atoms with Gasteiger partial charge in [0.2, 0.25) is 5.91 Å². The number of fused-ring (bicyclic) bond motifs is 1. The van der Waals surface area contributed by atoms with Crippen molar-refractivity contribution in [2.75, 3.05) is 6.54 Å². The predicted octanol–water partition coefficient (Wildman–Crippen LogP) is 0.841. The summed E-state index contributed by atoms with van der Waals surface area (Å²) in [6.45, 7) is 5.31. The number of β-lactam (4-membered cyclic amide) rings is 1. The lowest BCUT2D eigenvalue weighted by Crippen LogP contribution is -2.63. The number of amides is 1. The molecule has 1 unspecified atom stereocenters. The number of carbonyl (C=O) groups is 2. The highest BCUT2D eigenvalue weighted by Gasteiger charge is 2.60. The van der Waals surface area contributed by atoms with Crippen LogP contribution in [0.1, 0.15) is 25.1 Å². The van der Waals surface area contributed by atoms with Crippen LogP contribution in [0.25, 0.3) is 0 Å². The number of hydrogen-bond acceptors (Lipinski definition) is 9. The van der Waals surface area contributed by atoms with Crippen LogP contribution in [0.5, 0.6) is 0 Å². The largest absolute Gasteiger partial charge is 0.428 e. The van der Waals surface area contributed by atoms with Gasteiger partial charge in [0.05, 0.1) is 29.3 Å².